The second-order valence-corrected chi connectivity index (χ2v) is 5.34. The molecular formula is C13H24N4. The van der Waals surface area contributed by atoms with Gasteiger partial charge in [-0.3, -0.25) is 5.10 Å². The van der Waals surface area contributed by atoms with Crippen molar-refractivity contribution in [1.82, 2.24) is 20.4 Å². The van der Waals surface area contributed by atoms with Crippen LogP contribution in [0.15, 0.2) is 0 Å². The predicted octanol–water partition coefficient (Wildman–Crippen LogP) is 1.60. The van der Waals surface area contributed by atoms with Crippen molar-refractivity contribution >= 4 is 0 Å². The number of likely N-dealkylation sites (tertiary alicyclic amines) is 1. The summed E-state index contributed by atoms with van der Waals surface area (Å²) < 4.78 is 0. The van der Waals surface area contributed by atoms with Gasteiger partial charge in [0.15, 0.2) is 0 Å². The van der Waals surface area contributed by atoms with Crippen LogP contribution >= 0.6 is 0 Å². The van der Waals surface area contributed by atoms with Crippen molar-refractivity contribution in [2.24, 2.45) is 0 Å². The van der Waals surface area contributed by atoms with Gasteiger partial charge in [0.1, 0.15) is 0 Å². The lowest BCUT2D eigenvalue weighted by molar-refractivity contribution is 0.168. The van der Waals surface area contributed by atoms with Gasteiger partial charge in [0, 0.05) is 29.9 Å². The first kappa shape index (κ1) is 12.6. The maximum atomic E-state index is 4.23. The highest BCUT2D eigenvalue weighted by Crippen LogP contribution is 2.16. The second kappa shape index (κ2) is 5.19. The van der Waals surface area contributed by atoms with Crippen LogP contribution in [0.1, 0.15) is 36.7 Å². The zero-order valence-corrected chi connectivity index (χ0v) is 11.4. The molecule has 0 spiro atoms. The molecule has 2 N–H and O–H groups in total. The summed E-state index contributed by atoms with van der Waals surface area (Å²) in [4.78, 5) is 2.44. The predicted molar refractivity (Wildman–Crippen MR) is 70.0 cm³/mol. The van der Waals surface area contributed by atoms with E-state index in [1.165, 1.54) is 30.6 Å². The Kier molecular flexibility index (Phi) is 3.84. The number of aryl methyl sites for hydroxylation is 2. The number of rotatable bonds is 3. The molecule has 2 rings (SSSR count). The van der Waals surface area contributed by atoms with Crippen LogP contribution in [-0.2, 0) is 6.54 Å². The maximum Gasteiger partial charge on any atom is 0.0638 e. The third-order valence-corrected chi connectivity index (χ3v) is 4.06. The smallest absolute Gasteiger partial charge is 0.0638 e. The summed E-state index contributed by atoms with van der Waals surface area (Å²) in [5, 5.41) is 10.9. The van der Waals surface area contributed by atoms with Gasteiger partial charge in [0.25, 0.3) is 0 Å². The molecule has 4 nitrogen and oxygen atoms in total. The largest absolute Gasteiger partial charge is 0.310 e. The van der Waals surface area contributed by atoms with Crippen LogP contribution in [0.25, 0.3) is 0 Å². The number of piperidine rings is 1. The minimum Gasteiger partial charge on any atom is -0.310 e. The minimum atomic E-state index is 0.648. The highest BCUT2D eigenvalue weighted by Gasteiger charge is 2.22. The van der Waals surface area contributed by atoms with Crippen LogP contribution in [0.4, 0.5) is 0 Å². The number of H-pyrrole nitrogens is 1. The van der Waals surface area contributed by atoms with Crippen molar-refractivity contribution in [1.29, 1.82) is 0 Å². The van der Waals surface area contributed by atoms with Gasteiger partial charge < -0.3 is 10.2 Å². The monoisotopic (exact) mass is 236 g/mol. The Morgan fingerprint density at radius 2 is 2.24 bits per heavy atom. The highest BCUT2D eigenvalue weighted by molar-refractivity contribution is 5.22. The van der Waals surface area contributed by atoms with Crippen molar-refractivity contribution < 1.29 is 0 Å². The molecule has 1 aromatic rings. The van der Waals surface area contributed by atoms with Crippen molar-refractivity contribution in [3.8, 4) is 0 Å². The number of hydrogen-bond donors (Lipinski definition) is 2. The molecule has 96 valence electrons. The molecule has 1 aliphatic rings. The van der Waals surface area contributed by atoms with E-state index < -0.39 is 0 Å². The first-order valence-electron chi connectivity index (χ1n) is 6.52. The molecule has 0 bridgehead atoms. The van der Waals surface area contributed by atoms with E-state index in [1.54, 1.807) is 0 Å². The van der Waals surface area contributed by atoms with Crippen molar-refractivity contribution in [3.05, 3.63) is 17.0 Å². The molecule has 2 heterocycles. The Balaban J connectivity index is 1.87. The molecule has 1 saturated heterocycles. The number of aromatic nitrogens is 2. The fraction of sp³-hybridized carbons (Fsp3) is 0.769. The Morgan fingerprint density at radius 3 is 2.82 bits per heavy atom. The Bertz CT molecular complexity index is 352. The van der Waals surface area contributed by atoms with Gasteiger partial charge in [-0.25, -0.2) is 0 Å². The molecule has 4 heteroatoms. The molecule has 0 amide bonds. The highest BCUT2D eigenvalue weighted by atomic mass is 15.1. The lowest BCUT2D eigenvalue weighted by atomic mass is 9.98. The summed E-state index contributed by atoms with van der Waals surface area (Å²) in [5.74, 6) is 0. The van der Waals surface area contributed by atoms with E-state index in [-0.39, 0.29) is 0 Å². The van der Waals surface area contributed by atoms with E-state index >= 15 is 0 Å². The summed E-state index contributed by atoms with van der Waals surface area (Å²) in [7, 11) is 2.21. The van der Waals surface area contributed by atoms with Crippen LogP contribution in [0.2, 0.25) is 0 Å². The molecule has 0 saturated carbocycles. The van der Waals surface area contributed by atoms with Gasteiger partial charge in [0.05, 0.1) is 5.69 Å². The summed E-state index contributed by atoms with van der Waals surface area (Å²) in [6.07, 6.45) is 2.49. The summed E-state index contributed by atoms with van der Waals surface area (Å²) in [5.41, 5.74) is 3.64. The lowest BCUT2D eigenvalue weighted by Crippen LogP contribution is -2.45. The Labute approximate surface area is 104 Å². The lowest BCUT2D eigenvalue weighted by Gasteiger charge is -2.35. The molecule has 1 aliphatic heterocycles. The number of hydrogen-bond acceptors (Lipinski definition) is 3. The van der Waals surface area contributed by atoms with Gasteiger partial charge in [0.2, 0.25) is 0 Å². The molecule has 0 aliphatic carbocycles. The van der Waals surface area contributed by atoms with E-state index in [9.17, 15) is 0 Å². The zero-order valence-electron chi connectivity index (χ0n) is 11.4. The molecule has 2 atom stereocenters. The van der Waals surface area contributed by atoms with Gasteiger partial charge >= 0.3 is 0 Å². The van der Waals surface area contributed by atoms with Crippen molar-refractivity contribution in [2.45, 2.75) is 52.2 Å². The van der Waals surface area contributed by atoms with E-state index in [4.69, 9.17) is 0 Å². The minimum absolute atomic E-state index is 0.648. The van der Waals surface area contributed by atoms with Gasteiger partial charge in [-0.1, -0.05) is 0 Å². The Hall–Kier alpha value is -0.870. The number of nitrogens with one attached hydrogen (secondary N) is 2. The topological polar surface area (TPSA) is 44.0 Å². The van der Waals surface area contributed by atoms with Crippen LogP contribution in [0.5, 0.6) is 0 Å². The average molecular weight is 236 g/mol. The molecule has 1 fully saturated rings. The van der Waals surface area contributed by atoms with Crippen LogP contribution in [-0.4, -0.2) is 40.8 Å². The zero-order chi connectivity index (χ0) is 12.4. The number of nitrogens with zero attached hydrogens (tertiary/aromatic N) is 2. The Morgan fingerprint density at radius 1 is 1.47 bits per heavy atom. The normalized spacial score (nSPS) is 26.4. The molecule has 0 radical (unpaired) electrons. The quantitative estimate of drug-likeness (QED) is 0.838. The fourth-order valence-corrected chi connectivity index (χ4v) is 2.56. The van der Waals surface area contributed by atoms with Crippen LogP contribution in [0.3, 0.4) is 0 Å². The first-order chi connectivity index (χ1) is 8.08. The fourth-order valence-electron chi connectivity index (χ4n) is 2.56. The summed E-state index contributed by atoms with van der Waals surface area (Å²) in [6.45, 7) is 8.60. The van der Waals surface area contributed by atoms with Gasteiger partial charge in [-0.15, -0.1) is 0 Å². The molecule has 2 unspecified atom stereocenters. The third-order valence-electron chi connectivity index (χ3n) is 4.06. The molecule has 17 heavy (non-hydrogen) atoms. The van der Waals surface area contributed by atoms with E-state index in [2.05, 4.69) is 48.2 Å². The number of aromatic amines is 1. The summed E-state index contributed by atoms with van der Waals surface area (Å²) >= 11 is 0. The van der Waals surface area contributed by atoms with E-state index in [0.717, 1.165) is 12.2 Å². The maximum absolute atomic E-state index is 4.23. The van der Waals surface area contributed by atoms with E-state index in [1.807, 2.05) is 0 Å². The van der Waals surface area contributed by atoms with Crippen LogP contribution < -0.4 is 5.32 Å². The summed E-state index contributed by atoms with van der Waals surface area (Å²) in [6, 6.07) is 1.34. The van der Waals surface area contributed by atoms with Gasteiger partial charge in [-0.2, -0.15) is 5.10 Å². The van der Waals surface area contributed by atoms with E-state index in [0.29, 0.717) is 12.1 Å². The standard InChI is InChI=1S/C13H24N4/c1-9-7-12(5-6-17(9)4)14-8-13-10(2)15-16-11(13)3/h9,12,14H,5-8H2,1-4H3,(H,15,16). The van der Waals surface area contributed by atoms with Crippen molar-refractivity contribution in [3.63, 3.8) is 0 Å². The first-order valence-corrected chi connectivity index (χ1v) is 6.52. The molecular weight excluding hydrogens is 212 g/mol. The third kappa shape index (κ3) is 2.87. The second-order valence-electron chi connectivity index (χ2n) is 5.34. The molecule has 0 aromatic carbocycles. The average Bonchev–Trinajstić information content (AvgIpc) is 2.61. The van der Waals surface area contributed by atoms with Gasteiger partial charge in [-0.05, 0) is 47.2 Å². The SMILES string of the molecule is Cc1n[nH]c(C)c1CNC1CCN(C)C(C)C1. The molecule has 1 aromatic heterocycles. The van der Waals surface area contributed by atoms with Crippen molar-refractivity contribution in [2.75, 3.05) is 13.6 Å². The van der Waals surface area contributed by atoms with Crippen LogP contribution in [0, 0.1) is 13.8 Å².